The molecular formula is C19H23N3O. The third-order valence-corrected chi connectivity index (χ3v) is 4.41. The number of pyridine rings is 1. The van der Waals surface area contributed by atoms with Crippen molar-refractivity contribution in [2.45, 2.75) is 45.1 Å². The van der Waals surface area contributed by atoms with Crippen LogP contribution in [0.1, 0.15) is 48.9 Å². The van der Waals surface area contributed by atoms with Crippen molar-refractivity contribution < 1.29 is 4.79 Å². The molecule has 1 aliphatic rings. The fraction of sp³-hybridized carbons (Fsp3) is 0.368. The molecule has 23 heavy (non-hydrogen) atoms. The first-order chi connectivity index (χ1) is 11.3. The van der Waals surface area contributed by atoms with E-state index in [9.17, 15) is 4.79 Å². The van der Waals surface area contributed by atoms with Crippen molar-refractivity contribution in [2.75, 3.05) is 5.32 Å². The summed E-state index contributed by atoms with van der Waals surface area (Å²) in [7, 11) is 0. The number of aryl methyl sites for hydroxylation is 2. The largest absolute Gasteiger partial charge is 0.331 e. The summed E-state index contributed by atoms with van der Waals surface area (Å²) in [6.07, 6.45) is 9.07. The third-order valence-electron chi connectivity index (χ3n) is 4.41. The average Bonchev–Trinajstić information content (AvgIpc) is 2.60. The zero-order valence-corrected chi connectivity index (χ0v) is 13.5. The van der Waals surface area contributed by atoms with Crippen LogP contribution in [0.2, 0.25) is 0 Å². The number of nitrogens with zero attached hydrogens (tertiary/aromatic N) is 1. The average molecular weight is 309 g/mol. The predicted octanol–water partition coefficient (Wildman–Crippen LogP) is 4.23. The molecule has 2 aromatic rings. The Labute approximate surface area is 137 Å². The Kier molecular flexibility index (Phi) is 4.91. The van der Waals surface area contributed by atoms with Crippen LogP contribution in [0.15, 0.2) is 42.7 Å². The van der Waals surface area contributed by atoms with E-state index in [1.807, 2.05) is 6.07 Å². The molecule has 1 heterocycles. The molecule has 0 aliphatic heterocycles. The third kappa shape index (κ3) is 3.89. The lowest BCUT2D eigenvalue weighted by molar-refractivity contribution is 0.248. The fourth-order valence-corrected chi connectivity index (χ4v) is 3.15. The van der Waals surface area contributed by atoms with E-state index in [1.54, 1.807) is 18.5 Å². The van der Waals surface area contributed by atoms with Crippen molar-refractivity contribution >= 4 is 11.7 Å². The molecule has 1 unspecified atom stereocenters. The number of hydrogen-bond donors (Lipinski definition) is 2. The molecule has 4 heteroatoms. The number of rotatable bonds is 4. The highest BCUT2D eigenvalue weighted by Gasteiger charge is 2.16. The smallest absolute Gasteiger partial charge is 0.319 e. The fourth-order valence-electron chi connectivity index (χ4n) is 3.15. The summed E-state index contributed by atoms with van der Waals surface area (Å²) in [5.74, 6) is 0. The van der Waals surface area contributed by atoms with Crippen LogP contribution in [0.4, 0.5) is 10.5 Å². The molecular weight excluding hydrogens is 286 g/mol. The molecule has 1 aromatic carbocycles. The van der Waals surface area contributed by atoms with E-state index in [2.05, 4.69) is 40.7 Å². The minimum absolute atomic E-state index is 0.0268. The molecule has 4 nitrogen and oxygen atoms in total. The number of carbonyl (C=O) groups is 1. The van der Waals surface area contributed by atoms with E-state index >= 15 is 0 Å². The van der Waals surface area contributed by atoms with Gasteiger partial charge in [-0.05, 0) is 60.9 Å². The van der Waals surface area contributed by atoms with Crippen molar-refractivity contribution in [3.63, 3.8) is 0 Å². The van der Waals surface area contributed by atoms with Gasteiger partial charge in [0, 0.05) is 6.20 Å². The second-order valence-corrected chi connectivity index (χ2v) is 6.04. The highest BCUT2D eigenvalue weighted by atomic mass is 16.2. The van der Waals surface area contributed by atoms with Crippen LogP contribution in [0, 0.1) is 0 Å². The first kappa shape index (κ1) is 15.5. The predicted molar refractivity (Wildman–Crippen MR) is 92.5 cm³/mol. The number of carbonyl (C=O) groups excluding carboxylic acids is 1. The van der Waals surface area contributed by atoms with Gasteiger partial charge >= 0.3 is 6.03 Å². The highest BCUT2D eigenvalue weighted by molar-refractivity contribution is 5.89. The molecule has 1 aliphatic carbocycles. The molecule has 0 radical (unpaired) electrons. The molecule has 2 N–H and O–H groups in total. The van der Waals surface area contributed by atoms with E-state index in [1.165, 1.54) is 36.0 Å². The molecule has 1 aromatic heterocycles. The zero-order valence-electron chi connectivity index (χ0n) is 13.5. The Morgan fingerprint density at radius 2 is 2.04 bits per heavy atom. The van der Waals surface area contributed by atoms with E-state index in [4.69, 9.17) is 0 Å². The summed E-state index contributed by atoms with van der Waals surface area (Å²) in [5.41, 5.74) is 4.80. The lowest BCUT2D eigenvalue weighted by atomic mass is 9.89. The van der Waals surface area contributed by atoms with Crippen molar-refractivity contribution in [3.05, 3.63) is 59.4 Å². The standard InChI is InChI=1S/C19H23N3O/c1-2-18(22-19(23)21-17-8-5-11-20-13-17)16-10-9-14-6-3-4-7-15(14)12-16/h5,8-13,18H,2-4,6-7H2,1H3,(H2,21,22,23). The van der Waals surface area contributed by atoms with Gasteiger partial charge < -0.3 is 10.6 Å². The number of urea groups is 1. The minimum Gasteiger partial charge on any atom is -0.331 e. The van der Waals surface area contributed by atoms with Gasteiger partial charge in [-0.3, -0.25) is 4.98 Å². The summed E-state index contributed by atoms with van der Waals surface area (Å²) in [6, 6.07) is 10.1. The van der Waals surface area contributed by atoms with Gasteiger partial charge in [0.25, 0.3) is 0 Å². The summed E-state index contributed by atoms with van der Waals surface area (Å²) < 4.78 is 0. The van der Waals surface area contributed by atoms with Crippen LogP contribution in [-0.4, -0.2) is 11.0 Å². The second-order valence-electron chi connectivity index (χ2n) is 6.04. The lowest BCUT2D eigenvalue weighted by Crippen LogP contribution is -2.32. The van der Waals surface area contributed by atoms with Gasteiger partial charge in [0.2, 0.25) is 0 Å². The molecule has 1 atom stereocenters. The number of anilines is 1. The Bertz CT molecular complexity index is 670. The number of fused-ring (bicyclic) bond motifs is 1. The van der Waals surface area contributed by atoms with Gasteiger partial charge in [-0.25, -0.2) is 4.79 Å². The summed E-state index contributed by atoms with van der Waals surface area (Å²) in [4.78, 5) is 16.2. The first-order valence-corrected chi connectivity index (χ1v) is 8.35. The van der Waals surface area contributed by atoms with Crippen molar-refractivity contribution in [3.8, 4) is 0 Å². The summed E-state index contributed by atoms with van der Waals surface area (Å²) in [5, 5.41) is 5.89. The summed E-state index contributed by atoms with van der Waals surface area (Å²) >= 11 is 0. The normalized spacial score (nSPS) is 14.7. The SMILES string of the molecule is CCC(NC(=O)Nc1cccnc1)c1ccc2c(c1)CCCC2. The molecule has 0 bridgehead atoms. The van der Waals surface area contributed by atoms with Gasteiger partial charge in [-0.15, -0.1) is 0 Å². The lowest BCUT2D eigenvalue weighted by Gasteiger charge is -2.22. The van der Waals surface area contributed by atoms with Crippen molar-refractivity contribution in [1.82, 2.24) is 10.3 Å². The highest BCUT2D eigenvalue weighted by Crippen LogP contribution is 2.26. The Balaban J connectivity index is 1.68. The maximum atomic E-state index is 12.2. The number of nitrogens with one attached hydrogen (secondary N) is 2. The maximum absolute atomic E-state index is 12.2. The first-order valence-electron chi connectivity index (χ1n) is 8.35. The van der Waals surface area contributed by atoms with E-state index in [-0.39, 0.29) is 12.1 Å². The number of hydrogen-bond acceptors (Lipinski definition) is 2. The van der Waals surface area contributed by atoms with Crippen LogP contribution >= 0.6 is 0 Å². The number of benzene rings is 1. The Morgan fingerprint density at radius 1 is 1.22 bits per heavy atom. The van der Waals surface area contributed by atoms with Crippen LogP contribution in [0.3, 0.4) is 0 Å². The van der Waals surface area contributed by atoms with Gasteiger partial charge in [0.1, 0.15) is 0 Å². The summed E-state index contributed by atoms with van der Waals surface area (Å²) in [6.45, 7) is 2.09. The number of aromatic nitrogens is 1. The molecule has 0 saturated heterocycles. The Morgan fingerprint density at radius 3 is 2.78 bits per heavy atom. The van der Waals surface area contributed by atoms with Gasteiger partial charge in [0.05, 0.1) is 17.9 Å². The molecule has 120 valence electrons. The molecule has 0 saturated carbocycles. The van der Waals surface area contributed by atoms with E-state index in [0.29, 0.717) is 5.69 Å². The molecule has 0 spiro atoms. The van der Waals surface area contributed by atoms with Crippen LogP contribution < -0.4 is 10.6 Å². The van der Waals surface area contributed by atoms with Crippen molar-refractivity contribution in [1.29, 1.82) is 0 Å². The Hall–Kier alpha value is -2.36. The van der Waals surface area contributed by atoms with Crippen LogP contribution in [0.5, 0.6) is 0 Å². The quantitative estimate of drug-likeness (QED) is 0.888. The topological polar surface area (TPSA) is 54.0 Å². The molecule has 3 rings (SSSR count). The van der Waals surface area contributed by atoms with Crippen molar-refractivity contribution in [2.24, 2.45) is 0 Å². The van der Waals surface area contributed by atoms with Crippen LogP contribution in [-0.2, 0) is 12.8 Å². The second kappa shape index (κ2) is 7.27. The molecule has 0 fully saturated rings. The van der Waals surface area contributed by atoms with Gasteiger partial charge in [-0.1, -0.05) is 25.1 Å². The van der Waals surface area contributed by atoms with E-state index < -0.39 is 0 Å². The van der Waals surface area contributed by atoms with Gasteiger partial charge in [0.15, 0.2) is 0 Å². The molecule has 2 amide bonds. The maximum Gasteiger partial charge on any atom is 0.319 e. The monoisotopic (exact) mass is 309 g/mol. The zero-order chi connectivity index (χ0) is 16.1. The minimum atomic E-state index is -0.192. The van der Waals surface area contributed by atoms with Gasteiger partial charge in [-0.2, -0.15) is 0 Å². The van der Waals surface area contributed by atoms with E-state index in [0.717, 1.165) is 12.8 Å². The number of amides is 2. The van der Waals surface area contributed by atoms with Crippen LogP contribution in [0.25, 0.3) is 0 Å².